The predicted octanol–water partition coefficient (Wildman–Crippen LogP) is 2.71. The second-order valence-electron chi connectivity index (χ2n) is 5.87. The average Bonchev–Trinajstić information content (AvgIpc) is 2.27. The molecule has 4 N–H and O–H groups in total. The van der Waals surface area contributed by atoms with Crippen LogP contribution in [0.25, 0.3) is 0 Å². The molecule has 106 valence electrons. The third-order valence-electron chi connectivity index (χ3n) is 2.50. The van der Waals surface area contributed by atoms with Crippen LogP contribution in [0.15, 0.2) is 24.3 Å². The summed E-state index contributed by atoms with van der Waals surface area (Å²) in [6, 6.07) is 5.17. The van der Waals surface area contributed by atoms with Crippen LogP contribution in [0.3, 0.4) is 0 Å². The van der Waals surface area contributed by atoms with Crippen LogP contribution in [0.1, 0.15) is 27.2 Å². The Hall–Kier alpha value is -1.62. The Kier molecular flexibility index (Phi) is 5.30. The summed E-state index contributed by atoms with van der Waals surface area (Å²) in [6.07, 6.45) is 0.823. The monoisotopic (exact) mass is 267 g/mol. The van der Waals surface area contributed by atoms with Crippen molar-refractivity contribution in [3.8, 4) is 0 Å². The molecule has 1 atom stereocenters. The van der Waals surface area contributed by atoms with Gasteiger partial charge in [0.2, 0.25) is 0 Å². The maximum atomic E-state index is 12.7. The molecule has 5 heteroatoms. The van der Waals surface area contributed by atoms with E-state index in [1.807, 2.05) is 0 Å². The molecular formula is C14H22FN3O. The first-order chi connectivity index (χ1) is 8.76. The summed E-state index contributed by atoms with van der Waals surface area (Å²) in [5.41, 5.74) is 6.61. The first kappa shape index (κ1) is 15.4. The molecule has 1 aromatic rings. The van der Waals surface area contributed by atoms with Crippen LogP contribution in [0.4, 0.5) is 14.9 Å². The molecule has 0 radical (unpaired) electrons. The van der Waals surface area contributed by atoms with Gasteiger partial charge in [-0.25, -0.2) is 9.18 Å². The molecule has 1 aromatic carbocycles. The number of rotatable bonds is 4. The van der Waals surface area contributed by atoms with Gasteiger partial charge in [0.05, 0.1) is 0 Å². The minimum Gasteiger partial charge on any atom is -0.336 e. The summed E-state index contributed by atoms with van der Waals surface area (Å²) in [4.78, 5) is 11.6. The molecule has 0 fully saturated rings. The Balaban J connectivity index is 2.34. The lowest BCUT2D eigenvalue weighted by Gasteiger charge is -2.23. The summed E-state index contributed by atoms with van der Waals surface area (Å²) in [5, 5.41) is 5.31. The van der Waals surface area contributed by atoms with Crippen molar-refractivity contribution in [1.29, 1.82) is 0 Å². The summed E-state index contributed by atoms with van der Waals surface area (Å²) >= 11 is 0. The standard InChI is InChI=1S/C14H22FN3O/c1-14(2,3)8-11(16)9-17-13(19)18-12-6-4-10(15)5-7-12/h4-7,11H,8-9,16H2,1-3H3,(H2,17,18,19). The minimum atomic E-state index is -0.337. The van der Waals surface area contributed by atoms with Gasteiger partial charge in [0.25, 0.3) is 0 Å². The fourth-order valence-corrected chi connectivity index (χ4v) is 1.79. The summed E-state index contributed by atoms with van der Waals surface area (Å²) in [5.74, 6) is -0.335. The van der Waals surface area contributed by atoms with Crippen molar-refractivity contribution in [3.05, 3.63) is 30.1 Å². The smallest absolute Gasteiger partial charge is 0.319 e. The molecule has 0 aromatic heterocycles. The van der Waals surface area contributed by atoms with E-state index in [4.69, 9.17) is 5.73 Å². The van der Waals surface area contributed by atoms with E-state index in [-0.39, 0.29) is 23.3 Å². The number of hydrogen-bond donors (Lipinski definition) is 3. The highest BCUT2D eigenvalue weighted by Gasteiger charge is 2.16. The molecule has 0 aliphatic rings. The number of urea groups is 1. The zero-order valence-electron chi connectivity index (χ0n) is 11.7. The molecule has 1 rings (SSSR count). The number of carbonyl (C=O) groups excluding carboxylic acids is 1. The summed E-state index contributed by atoms with van der Waals surface area (Å²) in [7, 11) is 0. The van der Waals surface area contributed by atoms with Crippen LogP contribution in [-0.2, 0) is 0 Å². The van der Waals surface area contributed by atoms with Crippen LogP contribution in [0, 0.1) is 11.2 Å². The van der Waals surface area contributed by atoms with Gasteiger partial charge in [0.15, 0.2) is 0 Å². The van der Waals surface area contributed by atoms with Crippen LogP contribution in [-0.4, -0.2) is 18.6 Å². The van der Waals surface area contributed by atoms with Crippen molar-refractivity contribution >= 4 is 11.7 Å². The van der Waals surface area contributed by atoms with Gasteiger partial charge in [-0.2, -0.15) is 0 Å². The fourth-order valence-electron chi connectivity index (χ4n) is 1.79. The number of nitrogens with two attached hydrogens (primary N) is 1. The van der Waals surface area contributed by atoms with E-state index in [9.17, 15) is 9.18 Å². The highest BCUT2D eigenvalue weighted by molar-refractivity contribution is 5.89. The van der Waals surface area contributed by atoms with Crippen molar-refractivity contribution in [1.82, 2.24) is 5.32 Å². The lowest BCUT2D eigenvalue weighted by atomic mass is 9.88. The van der Waals surface area contributed by atoms with Gasteiger partial charge in [0.1, 0.15) is 5.82 Å². The molecule has 0 saturated carbocycles. The maximum Gasteiger partial charge on any atom is 0.319 e. The highest BCUT2D eigenvalue weighted by Crippen LogP contribution is 2.19. The van der Waals surface area contributed by atoms with Gasteiger partial charge in [-0.05, 0) is 36.1 Å². The zero-order valence-corrected chi connectivity index (χ0v) is 11.7. The second kappa shape index (κ2) is 6.52. The largest absolute Gasteiger partial charge is 0.336 e. The number of hydrogen-bond acceptors (Lipinski definition) is 2. The van der Waals surface area contributed by atoms with Crippen LogP contribution in [0.2, 0.25) is 0 Å². The molecule has 0 aliphatic heterocycles. The Morgan fingerprint density at radius 2 is 1.89 bits per heavy atom. The van der Waals surface area contributed by atoms with E-state index in [2.05, 4.69) is 31.4 Å². The number of halogens is 1. The van der Waals surface area contributed by atoms with E-state index in [1.165, 1.54) is 24.3 Å². The molecule has 0 saturated heterocycles. The maximum absolute atomic E-state index is 12.7. The van der Waals surface area contributed by atoms with Gasteiger partial charge in [-0.15, -0.1) is 0 Å². The van der Waals surface area contributed by atoms with Crippen molar-refractivity contribution in [2.75, 3.05) is 11.9 Å². The van der Waals surface area contributed by atoms with Gasteiger partial charge in [0, 0.05) is 18.3 Å². The zero-order chi connectivity index (χ0) is 14.5. The van der Waals surface area contributed by atoms with Crippen molar-refractivity contribution in [2.45, 2.75) is 33.2 Å². The fraction of sp³-hybridized carbons (Fsp3) is 0.500. The Morgan fingerprint density at radius 1 is 1.32 bits per heavy atom. The lowest BCUT2D eigenvalue weighted by molar-refractivity contribution is 0.249. The second-order valence-corrected chi connectivity index (χ2v) is 5.87. The van der Waals surface area contributed by atoms with Crippen molar-refractivity contribution < 1.29 is 9.18 Å². The van der Waals surface area contributed by atoms with Crippen LogP contribution >= 0.6 is 0 Å². The molecule has 0 bridgehead atoms. The Morgan fingerprint density at radius 3 is 2.42 bits per heavy atom. The Labute approximate surface area is 113 Å². The van der Waals surface area contributed by atoms with Crippen LogP contribution < -0.4 is 16.4 Å². The molecule has 0 heterocycles. The van der Waals surface area contributed by atoms with Crippen molar-refractivity contribution in [3.63, 3.8) is 0 Å². The van der Waals surface area contributed by atoms with E-state index >= 15 is 0 Å². The number of anilines is 1. The molecular weight excluding hydrogens is 245 g/mol. The number of amides is 2. The van der Waals surface area contributed by atoms with Gasteiger partial charge in [-0.3, -0.25) is 0 Å². The summed E-state index contributed by atoms with van der Waals surface area (Å²) < 4.78 is 12.7. The van der Waals surface area contributed by atoms with Crippen molar-refractivity contribution in [2.24, 2.45) is 11.1 Å². The highest BCUT2D eigenvalue weighted by atomic mass is 19.1. The molecule has 19 heavy (non-hydrogen) atoms. The predicted molar refractivity (Wildman–Crippen MR) is 75.5 cm³/mol. The first-order valence-corrected chi connectivity index (χ1v) is 6.32. The minimum absolute atomic E-state index is 0.0843. The number of benzene rings is 1. The van der Waals surface area contributed by atoms with Crippen LogP contribution in [0.5, 0.6) is 0 Å². The van der Waals surface area contributed by atoms with E-state index in [0.717, 1.165) is 6.42 Å². The first-order valence-electron chi connectivity index (χ1n) is 6.32. The van der Waals surface area contributed by atoms with E-state index < -0.39 is 0 Å². The SMILES string of the molecule is CC(C)(C)CC(N)CNC(=O)Nc1ccc(F)cc1. The average molecular weight is 267 g/mol. The quantitative estimate of drug-likeness (QED) is 0.785. The van der Waals surface area contributed by atoms with E-state index in [1.54, 1.807) is 0 Å². The molecule has 4 nitrogen and oxygen atoms in total. The topological polar surface area (TPSA) is 67.1 Å². The van der Waals surface area contributed by atoms with Gasteiger partial charge < -0.3 is 16.4 Å². The number of carbonyl (C=O) groups is 1. The molecule has 1 unspecified atom stereocenters. The molecule has 0 aliphatic carbocycles. The lowest BCUT2D eigenvalue weighted by Crippen LogP contribution is -2.41. The van der Waals surface area contributed by atoms with E-state index in [0.29, 0.717) is 12.2 Å². The summed E-state index contributed by atoms with van der Waals surface area (Å²) in [6.45, 7) is 6.71. The molecule has 0 spiro atoms. The van der Waals surface area contributed by atoms with Gasteiger partial charge >= 0.3 is 6.03 Å². The normalized spacial score (nSPS) is 12.9. The molecule has 2 amide bonds. The van der Waals surface area contributed by atoms with Gasteiger partial charge in [-0.1, -0.05) is 20.8 Å². The number of nitrogens with one attached hydrogen (secondary N) is 2. The third-order valence-corrected chi connectivity index (χ3v) is 2.50. The Bertz CT molecular complexity index is 412. The third kappa shape index (κ3) is 6.76.